The molecule has 1 unspecified atom stereocenters. The van der Waals surface area contributed by atoms with Gasteiger partial charge in [-0.15, -0.1) is 0 Å². The summed E-state index contributed by atoms with van der Waals surface area (Å²) < 4.78 is 5.65. The third-order valence-electron chi connectivity index (χ3n) is 5.67. The smallest absolute Gasteiger partial charge is 0.191 e. The summed E-state index contributed by atoms with van der Waals surface area (Å²) in [6.45, 7) is 2.49. The van der Waals surface area contributed by atoms with E-state index in [1.165, 1.54) is 49.8 Å². The predicted molar refractivity (Wildman–Crippen MR) is 109 cm³/mol. The Morgan fingerprint density at radius 1 is 1.08 bits per heavy atom. The number of hydrogen-bond donors (Lipinski definition) is 2. The maximum atomic E-state index is 5.65. The molecule has 1 aromatic carbocycles. The normalized spacial score (nSPS) is 21.6. The largest absolute Gasteiger partial charge is 0.376 e. The average Bonchev–Trinajstić information content (AvgIpc) is 3.22. The third kappa shape index (κ3) is 5.37. The molecule has 2 fully saturated rings. The van der Waals surface area contributed by atoms with Gasteiger partial charge in [0.2, 0.25) is 0 Å². The fourth-order valence-electron chi connectivity index (χ4n) is 3.95. The molecule has 26 heavy (non-hydrogen) atoms. The zero-order chi connectivity index (χ0) is 18.2. The molecule has 2 N–H and O–H groups in total. The molecule has 0 bridgehead atoms. The van der Waals surface area contributed by atoms with Crippen molar-refractivity contribution in [3.63, 3.8) is 0 Å². The van der Waals surface area contributed by atoms with E-state index >= 15 is 0 Å². The molecular formula is C21H34N4O. The number of nitrogens with zero attached hydrogens (tertiary/aromatic N) is 2. The van der Waals surface area contributed by atoms with Gasteiger partial charge >= 0.3 is 0 Å². The van der Waals surface area contributed by atoms with Crippen LogP contribution in [0.15, 0.2) is 29.3 Å². The highest BCUT2D eigenvalue weighted by Crippen LogP contribution is 2.26. The highest BCUT2D eigenvalue weighted by Gasteiger charge is 2.18. The van der Waals surface area contributed by atoms with Crippen LogP contribution in [0, 0.1) is 0 Å². The lowest BCUT2D eigenvalue weighted by Gasteiger charge is -2.33. The molecule has 2 aliphatic rings. The van der Waals surface area contributed by atoms with Gasteiger partial charge < -0.3 is 20.3 Å². The van der Waals surface area contributed by atoms with Crippen LogP contribution < -0.4 is 15.5 Å². The maximum Gasteiger partial charge on any atom is 0.191 e. The molecule has 1 aromatic rings. The summed E-state index contributed by atoms with van der Waals surface area (Å²) in [5.41, 5.74) is 2.59. The van der Waals surface area contributed by atoms with Crippen LogP contribution >= 0.6 is 0 Å². The van der Waals surface area contributed by atoms with Gasteiger partial charge in [0.05, 0.1) is 6.10 Å². The predicted octanol–water partition coefficient (Wildman–Crippen LogP) is 3.30. The Labute approximate surface area is 158 Å². The fourth-order valence-corrected chi connectivity index (χ4v) is 3.95. The molecule has 3 rings (SSSR count). The van der Waals surface area contributed by atoms with Crippen LogP contribution in [0.5, 0.6) is 0 Å². The van der Waals surface area contributed by atoms with Crippen molar-refractivity contribution in [2.75, 3.05) is 32.1 Å². The van der Waals surface area contributed by atoms with E-state index in [4.69, 9.17) is 4.74 Å². The summed E-state index contributed by atoms with van der Waals surface area (Å²) in [5, 5.41) is 6.75. The summed E-state index contributed by atoms with van der Waals surface area (Å²) >= 11 is 0. The molecule has 5 heteroatoms. The summed E-state index contributed by atoms with van der Waals surface area (Å²) in [5.74, 6) is 0.837. The van der Waals surface area contributed by atoms with E-state index in [2.05, 4.69) is 51.8 Å². The molecule has 0 radical (unpaired) electrons. The second-order valence-electron chi connectivity index (χ2n) is 7.51. The summed E-state index contributed by atoms with van der Waals surface area (Å²) in [6, 6.07) is 9.63. The van der Waals surface area contributed by atoms with Gasteiger partial charge in [-0.25, -0.2) is 0 Å². The van der Waals surface area contributed by atoms with Crippen molar-refractivity contribution in [2.45, 2.75) is 63.6 Å². The van der Waals surface area contributed by atoms with E-state index in [0.29, 0.717) is 12.1 Å². The van der Waals surface area contributed by atoms with E-state index in [-0.39, 0.29) is 0 Å². The Morgan fingerprint density at radius 2 is 1.85 bits per heavy atom. The first-order chi connectivity index (χ1) is 12.8. The lowest BCUT2D eigenvalue weighted by Crippen LogP contribution is -2.40. The Kier molecular flexibility index (Phi) is 7.18. The van der Waals surface area contributed by atoms with Crippen molar-refractivity contribution in [2.24, 2.45) is 4.99 Å². The Bertz CT molecular complexity index is 560. The van der Waals surface area contributed by atoms with Crippen molar-refractivity contribution >= 4 is 11.6 Å². The zero-order valence-electron chi connectivity index (χ0n) is 16.3. The van der Waals surface area contributed by atoms with Gasteiger partial charge in [-0.3, -0.25) is 4.99 Å². The average molecular weight is 359 g/mol. The van der Waals surface area contributed by atoms with Gasteiger partial charge in [0.1, 0.15) is 0 Å². The van der Waals surface area contributed by atoms with Gasteiger partial charge in [-0.05, 0) is 43.4 Å². The quantitative estimate of drug-likeness (QED) is 0.605. The van der Waals surface area contributed by atoms with Gasteiger partial charge in [-0.1, -0.05) is 31.4 Å². The summed E-state index contributed by atoms with van der Waals surface area (Å²) in [6.07, 6.45) is 9.42. The van der Waals surface area contributed by atoms with Gasteiger partial charge in [0, 0.05) is 45.5 Å². The van der Waals surface area contributed by atoms with E-state index in [1.807, 2.05) is 7.05 Å². The van der Waals surface area contributed by atoms with Crippen LogP contribution in [-0.2, 0) is 11.3 Å². The summed E-state index contributed by atoms with van der Waals surface area (Å²) in [7, 11) is 4.05. The molecule has 1 aliphatic heterocycles. The molecule has 144 valence electrons. The number of nitrogens with one attached hydrogen (secondary N) is 2. The standard InChI is InChI=1S/C21H34N4O/c1-22-21(24-16-20-9-6-14-26-20)23-15-17-10-12-19(13-11-17)25(2)18-7-4-3-5-8-18/h10-13,18,20H,3-9,14-16H2,1-2H3,(H2,22,23,24). The third-order valence-corrected chi connectivity index (χ3v) is 5.67. The second-order valence-corrected chi connectivity index (χ2v) is 7.51. The molecular weight excluding hydrogens is 324 g/mol. The minimum absolute atomic E-state index is 0.322. The van der Waals surface area contributed by atoms with Crippen molar-refractivity contribution in [3.8, 4) is 0 Å². The van der Waals surface area contributed by atoms with E-state index < -0.39 is 0 Å². The highest BCUT2D eigenvalue weighted by atomic mass is 16.5. The van der Waals surface area contributed by atoms with Crippen molar-refractivity contribution < 1.29 is 4.74 Å². The second kappa shape index (κ2) is 9.81. The lowest BCUT2D eigenvalue weighted by atomic mass is 9.94. The van der Waals surface area contributed by atoms with Crippen molar-refractivity contribution in [1.29, 1.82) is 0 Å². The number of hydrogen-bond acceptors (Lipinski definition) is 3. The molecule has 1 saturated carbocycles. The highest BCUT2D eigenvalue weighted by molar-refractivity contribution is 5.79. The van der Waals surface area contributed by atoms with Crippen molar-refractivity contribution in [3.05, 3.63) is 29.8 Å². The van der Waals surface area contributed by atoms with Crippen LogP contribution in [-0.4, -0.2) is 45.4 Å². The van der Waals surface area contributed by atoms with Gasteiger partial charge in [0.15, 0.2) is 5.96 Å². The summed E-state index contributed by atoms with van der Waals surface area (Å²) in [4.78, 5) is 6.76. The zero-order valence-corrected chi connectivity index (χ0v) is 16.3. The van der Waals surface area contributed by atoms with Crippen molar-refractivity contribution in [1.82, 2.24) is 10.6 Å². The molecule has 1 atom stereocenters. The van der Waals surface area contributed by atoms with E-state index in [1.54, 1.807) is 0 Å². The Hall–Kier alpha value is -1.75. The van der Waals surface area contributed by atoms with E-state index in [0.717, 1.165) is 32.1 Å². The number of anilines is 1. The fraction of sp³-hybridized carbons (Fsp3) is 0.667. The lowest BCUT2D eigenvalue weighted by molar-refractivity contribution is 0.114. The monoisotopic (exact) mass is 358 g/mol. The van der Waals surface area contributed by atoms with Gasteiger partial charge in [0.25, 0.3) is 0 Å². The number of benzene rings is 1. The van der Waals surface area contributed by atoms with Crippen LogP contribution in [0.2, 0.25) is 0 Å². The first-order valence-electron chi connectivity index (χ1n) is 10.1. The van der Waals surface area contributed by atoms with Crippen LogP contribution in [0.1, 0.15) is 50.5 Å². The first kappa shape index (κ1) is 19.0. The number of rotatable bonds is 6. The minimum atomic E-state index is 0.322. The van der Waals surface area contributed by atoms with E-state index in [9.17, 15) is 0 Å². The van der Waals surface area contributed by atoms with Gasteiger partial charge in [-0.2, -0.15) is 0 Å². The SMILES string of the molecule is CN=C(NCc1ccc(N(C)C2CCCCC2)cc1)NCC1CCCO1. The number of aliphatic imine (C=N–C) groups is 1. The molecule has 1 aliphatic carbocycles. The Morgan fingerprint density at radius 3 is 2.50 bits per heavy atom. The topological polar surface area (TPSA) is 48.9 Å². The number of guanidine groups is 1. The first-order valence-corrected chi connectivity index (χ1v) is 10.1. The number of ether oxygens (including phenoxy) is 1. The van der Waals surface area contributed by atoms with Crippen LogP contribution in [0.25, 0.3) is 0 Å². The molecule has 1 saturated heterocycles. The molecule has 0 amide bonds. The van der Waals surface area contributed by atoms with Crippen LogP contribution in [0.4, 0.5) is 5.69 Å². The molecule has 0 spiro atoms. The maximum absolute atomic E-state index is 5.65. The minimum Gasteiger partial charge on any atom is -0.376 e. The van der Waals surface area contributed by atoms with Crippen LogP contribution in [0.3, 0.4) is 0 Å². The molecule has 0 aromatic heterocycles. The molecule has 1 heterocycles. The Balaban J connectivity index is 1.45. The molecule has 5 nitrogen and oxygen atoms in total.